The van der Waals surface area contributed by atoms with Gasteiger partial charge in [-0.15, -0.1) is 0 Å². The molecule has 0 spiro atoms. The van der Waals surface area contributed by atoms with E-state index in [2.05, 4.69) is 56.2 Å². The Hall–Kier alpha value is -1.02. The lowest BCUT2D eigenvalue weighted by Crippen LogP contribution is -2.21. The zero-order valence-electron chi connectivity index (χ0n) is 12.9. The molecule has 0 radical (unpaired) electrons. The molecule has 1 saturated carbocycles. The van der Waals surface area contributed by atoms with Gasteiger partial charge in [-0.1, -0.05) is 26.0 Å². The molecule has 1 aromatic rings. The third-order valence-electron chi connectivity index (χ3n) is 3.78. The van der Waals surface area contributed by atoms with Gasteiger partial charge in [0.2, 0.25) is 0 Å². The zero-order valence-corrected chi connectivity index (χ0v) is 12.9. The first kappa shape index (κ1) is 14.4. The Kier molecular flexibility index (Phi) is 4.87. The highest BCUT2D eigenvalue weighted by Crippen LogP contribution is 2.31. The molecule has 0 aromatic heterocycles. The van der Waals surface area contributed by atoms with Crippen molar-refractivity contribution in [2.75, 3.05) is 25.0 Å². The van der Waals surface area contributed by atoms with Gasteiger partial charge in [-0.25, -0.2) is 0 Å². The largest absolute Gasteiger partial charge is 0.374 e. The van der Waals surface area contributed by atoms with Gasteiger partial charge in [-0.2, -0.15) is 0 Å². The number of anilines is 1. The van der Waals surface area contributed by atoms with E-state index >= 15 is 0 Å². The summed E-state index contributed by atoms with van der Waals surface area (Å²) in [7, 11) is 2.22. The number of nitrogens with zero attached hydrogens (tertiary/aromatic N) is 1. The average Bonchev–Trinajstić information content (AvgIpc) is 3.12. The van der Waals surface area contributed by atoms with Crippen molar-refractivity contribution in [1.82, 2.24) is 5.32 Å². The fourth-order valence-electron chi connectivity index (χ4n) is 2.55. The van der Waals surface area contributed by atoms with Gasteiger partial charge in [0, 0.05) is 25.8 Å². The molecule has 0 saturated heterocycles. The molecule has 1 aromatic carbocycles. The molecule has 0 bridgehead atoms. The molecule has 0 aliphatic heterocycles. The fraction of sp³-hybridized carbons (Fsp3) is 0.647. The third kappa shape index (κ3) is 4.54. The van der Waals surface area contributed by atoms with E-state index in [9.17, 15) is 0 Å². The van der Waals surface area contributed by atoms with E-state index < -0.39 is 0 Å². The Bertz CT molecular complexity index is 408. The van der Waals surface area contributed by atoms with Crippen molar-refractivity contribution in [3.8, 4) is 0 Å². The van der Waals surface area contributed by atoms with Gasteiger partial charge in [0.15, 0.2) is 0 Å². The van der Waals surface area contributed by atoms with Crippen molar-refractivity contribution in [1.29, 1.82) is 0 Å². The van der Waals surface area contributed by atoms with Gasteiger partial charge in [-0.3, -0.25) is 0 Å². The first-order chi connectivity index (χ1) is 9.06. The van der Waals surface area contributed by atoms with Crippen molar-refractivity contribution in [3.05, 3.63) is 29.3 Å². The molecule has 106 valence electrons. The number of benzene rings is 1. The standard InChI is InChI=1S/C17H28N2/c1-13(2)10-18-11-16-7-8-17(14(3)9-16)19(4)12-15-5-6-15/h7-9,13,15,18H,5-6,10-12H2,1-4H3. The Balaban J connectivity index is 1.91. The SMILES string of the molecule is Cc1cc(CNCC(C)C)ccc1N(C)CC1CC1. The number of hydrogen-bond donors (Lipinski definition) is 1. The maximum Gasteiger partial charge on any atom is 0.0393 e. The third-order valence-corrected chi connectivity index (χ3v) is 3.78. The quantitative estimate of drug-likeness (QED) is 0.806. The van der Waals surface area contributed by atoms with Gasteiger partial charge in [0.25, 0.3) is 0 Å². The highest BCUT2D eigenvalue weighted by atomic mass is 15.1. The molecular formula is C17H28N2. The van der Waals surface area contributed by atoms with E-state index in [0.717, 1.165) is 19.0 Å². The smallest absolute Gasteiger partial charge is 0.0393 e. The second-order valence-corrected chi connectivity index (χ2v) is 6.47. The molecule has 1 N–H and O–H groups in total. The predicted molar refractivity (Wildman–Crippen MR) is 83.7 cm³/mol. The summed E-state index contributed by atoms with van der Waals surface area (Å²) >= 11 is 0. The summed E-state index contributed by atoms with van der Waals surface area (Å²) < 4.78 is 0. The van der Waals surface area contributed by atoms with Crippen LogP contribution in [-0.2, 0) is 6.54 Å². The molecule has 1 aliphatic rings. The topological polar surface area (TPSA) is 15.3 Å². The molecule has 19 heavy (non-hydrogen) atoms. The van der Waals surface area contributed by atoms with E-state index in [1.165, 1.54) is 36.2 Å². The lowest BCUT2D eigenvalue weighted by Gasteiger charge is -2.22. The molecule has 1 aliphatic carbocycles. The molecule has 0 atom stereocenters. The molecular weight excluding hydrogens is 232 g/mol. The second-order valence-electron chi connectivity index (χ2n) is 6.47. The van der Waals surface area contributed by atoms with Crippen LogP contribution in [0.1, 0.15) is 37.8 Å². The summed E-state index contributed by atoms with van der Waals surface area (Å²) in [5.41, 5.74) is 4.17. The van der Waals surface area contributed by atoms with Crippen LogP contribution in [0.25, 0.3) is 0 Å². The normalized spacial score (nSPS) is 15.0. The minimum Gasteiger partial charge on any atom is -0.374 e. The van der Waals surface area contributed by atoms with Crippen molar-refractivity contribution in [2.24, 2.45) is 11.8 Å². The van der Waals surface area contributed by atoms with Crippen LogP contribution in [0.2, 0.25) is 0 Å². The molecule has 0 amide bonds. The Morgan fingerprint density at radius 1 is 1.32 bits per heavy atom. The van der Waals surface area contributed by atoms with Crippen LogP contribution in [-0.4, -0.2) is 20.1 Å². The van der Waals surface area contributed by atoms with Crippen LogP contribution in [0, 0.1) is 18.8 Å². The van der Waals surface area contributed by atoms with E-state index in [-0.39, 0.29) is 0 Å². The van der Waals surface area contributed by atoms with Crippen LogP contribution in [0.15, 0.2) is 18.2 Å². The van der Waals surface area contributed by atoms with Gasteiger partial charge in [-0.05, 0) is 55.3 Å². The number of rotatable bonds is 7. The molecule has 0 heterocycles. The first-order valence-electron chi connectivity index (χ1n) is 7.57. The van der Waals surface area contributed by atoms with Crippen LogP contribution < -0.4 is 10.2 Å². The van der Waals surface area contributed by atoms with Gasteiger partial charge >= 0.3 is 0 Å². The Labute approximate surface area is 118 Å². The monoisotopic (exact) mass is 260 g/mol. The average molecular weight is 260 g/mol. The maximum absolute atomic E-state index is 3.51. The Morgan fingerprint density at radius 2 is 2.05 bits per heavy atom. The maximum atomic E-state index is 3.51. The van der Waals surface area contributed by atoms with Crippen LogP contribution in [0.5, 0.6) is 0 Å². The lowest BCUT2D eigenvalue weighted by atomic mass is 10.1. The summed E-state index contributed by atoms with van der Waals surface area (Å²) in [6.45, 7) is 9.99. The summed E-state index contributed by atoms with van der Waals surface area (Å²) in [5, 5.41) is 3.51. The molecule has 0 unspecified atom stereocenters. The number of aryl methyl sites for hydroxylation is 1. The fourth-order valence-corrected chi connectivity index (χ4v) is 2.55. The van der Waals surface area contributed by atoms with Crippen LogP contribution in [0.3, 0.4) is 0 Å². The molecule has 2 nitrogen and oxygen atoms in total. The van der Waals surface area contributed by atoms with Gasteiger partial charge in [0.05, 0.1) is 0 Å². The van der Waals surface area contributed by atoms with Crippen molar-refractivity contribution >= 4 is 5.69 Å². The van der Waals surface area contributed by atoms with Gasteiger partial charge < -0.3 is 10.2 Å². The summed E-state index contributed by atoms with van der Waals surface area (Å²) in [4.78, 5) is 2.42. The van der Waals surface area contributed by atoms with Crippen molar-refractivity contribution in [3.63, 3.8) is 0 Å². The van der Waals surface area contributed by atoms with Crippen molar-refractivity contribution in [2.45, 2.75) is 40.2 Å². The summed E-state index contributed by atoms with van der Waals surface area (Å²) in [5.74, 6) is 1.65. The van der Waals surface area contributed by atoms with E-state index in [1.54, 1.807) is 0 Å². The van der Waals surface area contributed by atoms with Gasteiger partial charge in [0.1, 0.15) is 0 Å². The van der Waals surface area contributed by atoms with Crippen molar-refractivity contribution < 1.29 is 0 Å². The summed E-state index contributed by atoms with van der Waals surface area (Å²) in [6.07, 6.45) is 2.83. The van der Waals surface area contributed by atoms with E-state index in [0.29, 0.717) is 5.92 Å². The predicted octanol–water partition coefficient (Wildman–Crippen LogP) is 3.59. The van der Waals surface area contributed by atoms with Crippen LogP contribution in [0.4, 0.5) is 5.69 Å². The van der Waals surface area contributed by atoms with E-state index in [4.69, 9.17) is 0 Å². The highest BCUT2D eigenvalue weighted by molar-refractivity contribution is 5.54. The minimum absolute atomic E-state index is 0.713. The zero-order chi connectivity index (χ0) is 13.8. The highest BCUT2D eigenvalue weighted by Gasteiger charge is 2.23. The number of hydrogen-bond acceptors (Lipinski definition) is 2. The number of nitrogens with one attached hydrogen (secondary N) is 1. The first-order valence-corrected chi connectivity index (χ1v) is 7.57. The van der Waals surface area contributed by atoms with E-state index in [1.807, 2.05) is 0 Å². The lowest BCUT2D eigenvalue weighted by molar-refractivity contribution is 0.552. The van der Waals surface area contributed by atoms with Crippen LogP contribution >= 0.6 is 0 Å². The summed E-state index contributed by atoms with van der Waals surface area (Å²) in [6, 6.07) is 6.87. The molecule has 2 rings (SSSR count). The Morgan fingerprint density at radius 3 is 2.63 bits per heavy atom. The molecule has 1 fully saturated rings. The molecule has 2 heteroatoms. The second kappa shape index (κ2) is 6.42. The minimum atomic E-state index is 0.713.